The van der Waals surface area contributed by atoms with Crippen LogP contribution in [0.2, 0.25) is 0 Å². The van der Waals surface area contributed by atoms with Crippen molar-refractivity contribution in [3.8, 4) is 0 Å². The maximum atomic E-state index is 8.99. The normalized spacial score (nSPS) is 11.6. The van der Waals surface area contributed by atoms with Gasteiger partial charge in [-0.1, -0.05) is 38.1 Å². The Morgan fingerprint density at radius 1 is 0.889 bits per heavy atom. The fourth-order valence-electron chi connectivity index (χ4n) is 1.98. The Balaban J connectivity index is 2.37. The van der Waals surface area contributed by atoms with Crippen LogP contribution in [0.5, 0.6) is 0 Å². The summed E-state index contributed by atoms with van der Waals surface area (Å²) in [7, 11) is 0. The molecule has 0 unspecified atom stereocenters. The molecule has 2 rings (SSSR count). The first kappa shape index (κ1) is 13.5. The molecule has 0 heterocycles. The Morgan fingerprint density at radius 2 is 1.33 bits per heavy atom. The van der Waals surface area contributed by atoms with Crippen molar-refractivity contribution < 1.29 is 4.55 Å². The Kier molecular flexibility index (Phi) is 4.05. The van der Waals surface area contributed by atoms with Gasteiger partial charge >= 0.3 is 0 Å². The average Bonchev–Trinajstić information content (AvgIpc) is 2.39. The summed E-state index contributed by atoms with van der Waals surface area (Å²) in [5, 5.41) is 0. The summed E-state index contributed by atoms with van der Waals surface area (Å²) in [5.74, 6) is 0. The number of hydrogen-bond acceptors (Lipinski definition) is 3. The fourth-order valence-corrected chi connectivity index (χ4v) is 2.38. The van der Waals surface area contributed by atoms with Crippen molar-refractivity contribution in [1.82, 2.24) is 0 Å². The number of rotatable bonds is 3. The fraction of sp³-hybridized carbons (Fsp3) is 0.200. The molecule has 0 fully saturated rings. The molecule has 1 nitrogen and oxygen atoms in total. The lowest BCUT2D eigenvalue weighted by Gasteiger charge is -2.26. The van der Waals surface area contributed by atoms with Gasteiger partial charge in [-0.15, -0.1) is 12.6 Å². The van der Waals surface area contributed by atoms with Crippen molar-refractivity contribution in [1.29, 1.82) is 0 Å². The minimum absolute atomic E-state index is 0.0554. The highest BCUT2D eigenvalue weighted by Gasteiger charge is 2.22. The van der Waals surface area contributed by atoms with Gasteiger partial charge in [0.15, 0.2) is 0 Å². The van der Waals surface area contributed by atoms with E-state index in [-0.39, 0.29) is 5.41 Å². The highest BCUT2D eigenvalue weighted by Crippen LogP contribution is 2.32. The second kappa shape index (κ2) is 5.39. The molecule has 3 heteroatoms. The monoisotopic (exact) mass is 276 g/mol. The molecule has 0 saturated carbocycles. The van der Waals surface area contributed by atoms with Crippen LogP contribution in [0.25, 0.3) is 0 Å². The zero-order chi connectivity index (χ0) is 13.2. The van der Waals surface area contributed by atoms with Crippen LogP contribution >= 0.6 is 24.7 Å². The van der Waals surface area contributed by atoms with Crippen molar-refractivity contribution in [2.75, 3.05) is 0 Å². The van der Waals surface area contributed by atoms with Crippen LogP contribution < -0.4 is 0 Å². The third-order valence-electron chi connectivity index (χ3n) is 3.27. The topological polar surface area (TPSA) is 20.2 Å². The predicted molar refractivity (Wildman–Crippen MR) is 80.7 cm³/mol. The maximum Gasteiger partial charge on any atom is 0.0351 e. The summed E-state index contributed by atoms with van der Waals surface area (Å²) in [6, 6.07) is 16.2. The molecule has 2 aromatic rings. The van der Waals surface area contributed by atoms with E-state index in [9.17, 15) is 0 Å². The Morgan fingerprint density at radius 3 is 1.78 bits per heavy atom. The van der Waals surface area contributed by atoms with Crippen LogP contribution in [0.3, 0.4) is 0 Å². The van der Waals surface area contributed by atoms with Gasteiger partial charge < -0.3 is 4.55 Å². The van der Waals surface area contributed by atoms with E-state index in [0.29, 0.717) is 0 Å². The minimum Gasteiger partial charge on any atom is -0.325 e. The van der Waals surface area contributed by atoms with Gasteiger partial charge in [0.05, 0.1) is 0 Å². The lowest BCUT2D eigenvalue weighted by Crippen LogP contribution is -2.18. The maximum absolute atomic E-state index is 8.99. The van der Waals surface area contributed by atoms with Crippen LogP contribution in [0.1, 0.15) is 25.0 Å². The Hall–Kier alpha value is -0.900. The summed E-state index contributed by atoms with van der Waals surface area (Å²) >= 11 is 5.09. The molecule has 18 heavy (non-hydrogen) atoms. The molecule has 0 aliphatic heterocycles. The molecular formula is C15H16OS2. The molecule has 0 amide bonds. The second-order valence-electron chi connectivity index (χ2n) is 4.79. The van der Waals surface area contributed by atoms with Gasteiger partial charge in [-0.3, -0.25) is 0 Å². The van der Waals surface area contributed by atoms with Gasteiger partial charge in [0.1, 0.15) is 0 Å². The number of benzene rings is 2. The van der Waals surface area contributed by atoms with Crippen molar-refractivity contribution in [2.45, 2.75) is 29.1 Å². The first-order chi connectivity index (χ1) is 8.54. The van der Waals surface area contributed by atoms with Gasteiger partial charge in [-0.05, 0) is 35.4 Å². The summed E-state index contributed by atoms with van der Waals surface area (Å²) in [4.78, 5) is 1.84. The smallest absolute Gasteiger partial charge is 0.0351 e. The molecule has 0 atom stereocenters. The predicted octanol–water partition coefficient (Wildman–Crippen LogP) is 4.87. The zero-order valence-electron chi connectivity index (χ0n) is 10.4. The van der Waals surface area contributed by atoms with E-state index in [1.807, 2.05) is 24.3 Å². The van der Waals surface area contributed by atoms with Crippen LogP contribution in [-0.2, 0) is 5.41 Å². The average molecular weight is 276 g/mol. The lowest BCUT2D eigenvalue weighted by atomic mass is 9.78. The molecule has 0 saturated heterocycles. The van der Waals surface area contributed by atoms with Crippen LogP contribution in [0.4, 0.5) is 0 Å². The van der Waals surface area contributed by atoms with Crippen molar-refractivity contribution in [2.24, 2.45) is 0 Å². The first-order valence-corrected chi connectivity index (χ1v) is 6.97. The van der Waals surface area contributed by atoms with Crippen molar-refractivity contribution in [3.63, 3.8) is 0 Å². The minimum atomic E-state index is -0.0554. The van der Waals surface area contributed by atoms with E-state index in [4.69, 9.17) is 4.55 Å². The first-order valence-electron chi connectivity index (χ1n) is 5.75. The zero-order valence-corrected chi connectivity index (χ0v) is 12.1. The van der Waals surface area contributed by atoms with Gasteiger partial charge in [-0.2, -0.15) is 0 Å². The van der Waals surface area contributed by atoms with Gasteiger partial charge in [-0.25, -0.2) is 0 Å². The SMILES string of the molecule is CC(C)(c1ccc(S)cc1)c1ccc(SO)cc1. The standard InChI is InChI=1S/C15H16OS2/c1-15(2,11-3-7-13(17)8-4-11)12-5-9-14(18-16)10-6-12/h3-10,16-17H,1-2H3. The summed E-state index contributed by atoms with van der Waals surface area (Å²) in [6.07, 6.45) is 0. The third-order valence-corrected chi connectivity index (χ3v) is 4.05. The van der Waals surface area contributed by atoms with Gasteiger partial charge in [0.2, 0.25) is 0 Å². The highest BCUT2D eigenvalue weighted by atomic mass is 32.2. The van der Waals surface area contributed by atoms with Crippen LogP contribution in [0.15, 0.2) is 58.3 Å². The quantitative estimate of drug-likeness (QED) is 0.616. The van der Waals surface area contributed by atoms with E-state index in [0.717, 1.165) is 21.8 Å². The highest BCUT2D eigenvalue weighted by molar-refractivity contribution is 7.93. The lowest BCUT2D eigenvalue weighted by molar-refractivity contribution is 0.638. The Labute approximate surface area is 118 Å². The molecule has 0 radical (unpaired) electrons. The number of hydrogen-bond donors (Lipinski definition) is 2. The largest absolute Gasteiger partial charge is 0.325 e. The summed E-state index contributed by atoms with van der Waals surface area (Å²) < 4.78 is 8.99. The molecular weight excluding hydrogens is 260 g/mol. The van der Waals surface area contributed by atoms with Crippen molar-refractivity contribution in [3.05, 3.63) is 59.7 Å². The molecule has 94 valence electrons. The molecule has 1 N–H and O–H groups in total. The van der Waals surface area contributed by atoms with E-state index in [2.05, 4.69) is 50.7 Å². The molecule has 0 aromatic heterocycles. The summed E-state index contributed by atoms with van der Waals surface area (Å²) in [5.41, 5.74) is 2.43. The van der Waals surface area contributed by atoms with E-state index in [1.165, 1.54) is 11.1 Å². The van der Waals surface area contributed by atoms with Crippen LogP contribution in [-0.4, -0.2) is 4.55 Å². The van der Waals surface area contributed by atoms with E-state index < -0.39 is 0 Å². The molecule has 2 aromatic carbocycles. The third kappa shape index (κ3) is 2.74. The summed E-state index contributed by atoms with van der Waals surface area (Å²) in [6.45, 7) is 4.39. The Bertz CT molecular complexity index is 515. The second-order valence-corrected chi connectivity index (χ2v) is 5.96. The van der Waals surface area contributed by atoms with Crippen LogP contribution in [0, 0.1) is 0 Å². The van der Waals surface area contributed by atoms with Gasteiger partial charge in [0.25, 0.3) is 0 Å². The number of thiol groups is 1. The molecule has 0 bridgehead atoms. The van der Waals surface area contributed by atoms with E-state index >= 15 is 0 Å². The molecule has 0 spiro atoms. The molecule has 0 aliphatic carbocycles. The van der Waals surface area contributed by atoms with Gasteiger partial charge in [0, 0.05) is 27.2 Å². The van der Waals surface area contributed by atoms with E-state index in [1.54, 1.807) is 0 Å². The molecule has 0 aliphatic rings. The van der Waals surface area contributed by atoms with Crippen molar-refractivity contribution >= 4 is 24.7 Å².